The highest BCUT2D eigenvalue weighted by Gasteiger charge is 2.19. The van der Waals surface area contributed by atoms with Crippen LogP contribution in [0.1, 0.15) is 278 Å². The van der Waals surface area contributed by atoms with Crippen LogP contribution in [0.2, 0.25) is 0 Å². The van der Waals surface area contributed by atoms with Crippen molar-refractivity contribution in [1.82, 2.24) is 0 Å². The van der Waals surface area contributed by atoms with E-state index in [0.717, 1.165) is 89.9 Å². The molecule has 0 aromatic rings. The Balaban J connectivity index is 4.46. The lowest BCUT2D eigenvalue weighted by Gasteiger charge is -2.18. The molecule has 69 heavy (non-hydrogen) atoms. The molecule has 0 spiro atoms. The number of unbranched alkanes of at least 4 members (excludes halogenated alkanes) is 31. The minimum atomic E-state index is -0.803. The van der Waals surface area contributed by atoms with E-state index >= 15 is 0 Å². The summed E-state index contributed by atoms with van der Waals surface area (Å²) in [6, 6.07) is 0. The molecule has 0 bridgehead atoms. The van der Waals surface area contributed by atoms with Gasteiger partial charge in [0.1, 0.15) is 13.2 Å². The minimum absolute atomic E-state index is 0.0978. The second kappa shape index (κ2) is 57.2. The molecule has 0 aromatic heterocycles. The summed E-state index contributed by atoms with van der Waals surface area (Å²) in [7, 11) is 0. The van der Waals surface area contributed by atoms with Crippen molar-refractivity contribution in [3.8, 4) is 0 Å². The second-order valence-electron chi connectivity index (χ2n) is 19.3. The van der Waals surface area contributed by atoms with Gasteiger partial charge in [0, 0.05) is 19.3 Å². The van der Waals surface area contributed by atoms with E-state index in [0.29, 0.717) is 19.3 Å². The van der Waals surface area contributed by atoms with Crippen LogP contribution in [-0.4, -0.2) is 37.2 Å². The molecule has 0 aliphatic heterocycles. The highest BCUT2D eigenvalue weighted by Crippen LogP contribution is 2.15. The average molecular weight is 962 g/mol. The standard InChI is InChI=1S/C63H108O6/c1-4-7-10-13-16-19-22-25-28-30-32-35-38-41-44-47-50-53-56-62(65)68-59-60(58-67-61(64)55-52-49-46-43-40-37-34-27-24-21-18-15-12-9-6-3)69-63(66)57-54-51-48-45-42-39-36-33-31-29-26-23-20-17-14-11-8-5-2/h9,12,15,18,21,24,27,32-37,40,60H,4-8,10-11,13-14,16-17,19-20,22-23,25-26,28-31,38-39,41-59H2,1-3H3/b12-9-,18-15-,24-21-,34-27-,35-32-,36-33-,40-37-. The fourth-order valence-electron chi connectivity index (χ4n) is 8.10. The first-order valence-electron chi connectivity index (χ1n) is 29.2. The fraction of sp³-hybridized carbons (Fsp3) is 0.730. The van der Waals surface area contributed by atoms with E-state index in [2.05, 4.69) is 57.2 Å². The van der Waals surface area contributed by atoms with Gasteiger partial charge in [0.15, 0.2) is 6.10 Å². The number of rotatable bonds is 52. The van der Waals surface area contributed by atoms with E-state index in [1.807, 2.05) is 48.6 Å². The third kappa shape index (κ3) is 55.4. The minimum Gasteiger partial charge on any atom is -0.462 e. The first-order chi connectivity index (χ1) is 34.0. The third-order valence-corrected chi connectivity index (χ3v) is 12.5. The lowest BCUT2D eigenvalue weighted by molar-refractivity contribution is -0.167. The summed E-state index contributed by atoms with van der Waals surface area (Å²) in [6.07, 6.45) is 74.3. The molecule has 0 radical (unpaired) electrons. The average Bonchev–Trinajstić information content (AvgIpc) is 3.35. The van der Waals surface area contributed by atoms with Crippen molar-refractivity contribution < 1.29 is 28.6 Å². The molecule has 1 atom stereocenters. The second-order valence-corrected chi connectivity index (χ2v) is 19.3. The molecular weight excluding hydrogens is 853 g/mol. The quantitative estimate of drug-likeness (QED) is 0.0199. The Morgan fingerprint density at radius 2 is 0.580 bits per heavy atom. The monoisotopic (exact) mass is 961 g/mol. The van der Waals surface area contributed by atoms with Crippen LogP contribution in [0, 0.1) is 0 Å². The normalized spacial score (nSPS) is 12.7. The van der Waals surface area contributed by atoms with E-state index in [1.165, 1.54) is 148 Å². The van der Waals surface area contributed by atoms with E-state index in [1.54, 1.807) is 0 Å². The van der Waals surface area contributed by atoms with Gasteiger partial charge in [-0.3, -0.25) is 14.4 Å². The Kier molecular flexibility index (Phi) is 54.3. The van der Waals surface area contributed by atoms with Crippen molar-refractivity contribution >= 4 is 17.9 Å². The van der Waals surface area contributed by atoms with Crippen molar-refractivity contribution in [3.05, 3.63) is 85.1 Å². The Morgan fingerprint density at radius 1 is 0.304 bits per heavy atom. The zero-order valence-corrected chi connectivity index (χ0v) is 45.3. The zero-order valence-electron chi connectivity index (χ0n) is 45.3. The first kappa shape index (κ1) is 65.6. The van der Waals surface area contributed by atoms with E-state index in [9.17, 15) is 14.4 Å². The van der Waals surface area contributed by atoms with Gasteiger partial charge in [-0.1, -0.05) is 254 Å². The number of carbonyl (C=O) groups excluding carboxylic acids is 3. The van der Waals surface area contributed by atoms with Crippen LogP contribution in [-0.2, 0) is 28.6 Å². The molecule has 0 N–H and O–H groups in total. The summed E-state index contributed by atoms with van der Waals surface area (Å²) >= 11 is 0. The molecule has 6 nitrogen and oxygen atoms in total. The van der Waals surface area contributed by atoms with Gasteiger partial charge in [-0.05, 0) is 89.9 Å². The molecule has 1 unspecified atom stereocenters. The predicted molar refractivity (Wildman–Crippen MR) is 297 cm³/mol. The Labute approximate surface area is 426 Å². The molecule has 0 saturated heterocycles. The van der Waals surface area contributed by atoms with Crippen molar-refractivity contribution in [2.75, 3.05) is 13.2 Å². The van der Waals surface area contributed by atoms with E-state index in [-0.39, 0.29) is 31.1 Å². The topological polar surface area (TPSA) is 78.9 Å². The molecule has 0 aliphatic rings. The Hall–Kier alpha value is -3.41. The molecule has 0 amide bonds. The molecule has 0 aliphatic carbocycles. The number of ether oxygens (including phenoxy) is 3. The lowest BCUT2D eigenvalue weighted by atomic mass is 10.1. The molecule has 0 aromatic carbocycles. The third-order valence-electron chi connectivity index (χ3n) is 12.5. The number of allylic oxidation sites excluding steroid dienone is 14. The van der Waals surface area contributed by atoms with Crippen LogP contribution in [0.4, 0.5) is 0 Å². The van der Waals surface area contributed by atoms with Gasteiger partial charge in [-0.2, -0.15) is 0 Å². The van der Waals surface area contributed by atoms with Gasteiger partial charge in [0.2, 0.25) is 0 Å². The molecule has 0 rings (SSSR count). The van der Waals surface area contributed by atoms with Gasteiger partial charge in [0.05, 0.1) is 0 Å². The van der Waals surface area contributed by atoms with Crippen molar-refractivity contribution in [3.63, 3.8) is 0 Å². The van der Waals surface area contributed by atoms with E-state index < -0.39 is 6.10 Å². The molecular formula is C63H108O6. The van der Waals surface area contributed by atoms with Crippen molar-refractivity contribution in [1.29, 1.82) is 0 Å². The summed E-state index contributed by atoms with van der Waals surface area (Å²) in [6.45, 7) is 6.47. The van der Waals surface area contributed by atoms with Gasteiger partial charge in [-0.15, -0.1) is 0 Å². The fourth-order valence-corrected chi connectivity index (χ4v) is 8.10. The Bertz CT molecular complexity index is 1330. The SMILES string of the molecule is CC\C=C/C=C\C=C/C=C\C=C/CCCCCC(=O)OCC(COC(=O)CCCCCCC/C=C\CCCCCCCCCCC)OC(=O)CCCCCCC/C=C\CCCCCCCCCCC. The van der Waals surface area contributed by atoms with Crippen LogP contribution in [0.3, 0.4) is 0 Å². The summed E-state index contributed by atoms with van der Waals surface area (Å²) in [5.41, 5.74) is 0. The van der Waals surface area contributed by atoms with E-state index in [4.69, 9.17) is 14.2 Å². The highest BCUT2D eigenvalue weighted by molar-refractivity contribution is 5.71. The van der Waals surface area contributed by atoms with Gasteiger partial charge in [-0.25, -0.2) is 0 Å². The molecule has 6 heteroatoms. The van der Waals surface area contributed by atoms with Crippen LogP contribution < -0.4 is 0 Å². The Morgan fingerprint density at radius 3 is 0.942 bits per heavy atom. The summed E-state index contributed by atoms with van der Waals surface area (Å²) in [5.74, 6) is -0.950. The summed E-state index contributed by atoms with van der Waals surface area (Å²) in [4.78, 5) is 38.2. The maximum Gasteiger partial charge on any atom is 0.306 e. The van der Waals surface area contributed by atoms with Gasteiger partial charge in [0.25, 0.3) is 0 Å². The van der Waals surface area contributed by atoms with Crippen LogP contribution >= 0.6 is 0 Å². The summed E-state index contributed by atoms with van der Waals surface area (Å²) < 4.78 is 16.8. The molecule has 0 fully saturated rings. The smallest absolute Gasteiger partial charge is 0.306 e. The number of esters is 3. The molecule has 396 valence electrons. The highest BCUT2D eigenvalue weighted by atomic mass is 16.6. The van der Waals surface area contributed by atoms with Gasteiger partial charge < -0.3 is 14.2 Å². The summed E-state index contributed by atoms with van der Waals surface area (Å²) in [5, 5.41) is 0. The number of hydrogen-bond acceptors (Lipinski definition) is 6. The molecule has 0 heterocycles. The van der Waals surface area contributed by atoms with Crippen LogP contribution in [0.15, 0.2) is 85.1 Å². The van der Waals surface area contributed by atoms with Crippen LogP contribution in [0.5, 0.6) is 0 Å². The maximum atomic E-state index is 12.9. The number of carbonyl (C=O) groups is 3. The van der Waals surface area contributed by atoms with Crippen LogP contribution in [0.25, 0.3) is 0 Å². The number of hydrogen-bond donors (Lipinski definition) is 0. The largest absolute Gasteiger partial charge is 0.462 e. The lowest BCUT2D eigenvalue weighted by Crippen LogP contribution is -2.30. The van der Waals surface area contributed by atoms with Crippen molar-refractivity contribution in [2.24, 2.45) is 0 Å². The van der Waals surface area contributed by atoms with Crippen molar-refractivity contribution in [2.45, 2.75) is 284 Å². The molecule has 0 saturated carbocycles. The van der Waals surface area contributed by atoms with Gasteiger partial charge >= 0.3 is 17.9 Å². The predicted octanol–water partition coefficient (Wildman–Crippen LogP) is 19.5. The zero-order chi connectivity index (χ0) is 50.0. The maximum absolute atomic E-state index is 12.9. The first-order valence-corrected chi connectivity index (χ1v) is 29.2.